The molecule has 1 fully saturated rings. The number of hydrogen-bond donors (Lipinski definition) is 1. The first kappa shape index (κ1) is 21.8. The fraction of sp³-hybridized carbons (Fsp3) is 0.273. The van der Waals surface area contributed by atoms with Crippen LogP contribution in [-0.4, -0.2) is 53.8 Å². The van der Waals surface area contributed by atoms with Gasteiger partial charge in [-0.25, -0.2) is 22.4 Å². The molecule has 0 spiro atoms. The summed E-state index contributed by atoms with van der Waals surface area (Å²) in [5, 5.41) is 8.83. The van der Waals surface area contributed by atoms with Gasteiger partial charge in [-0.05, 0) is 38.7 Å². The molecule has 1 aliphatic heterocycles. The third kappa shape index (κ3) is 3.50. The molecule has 1 N–H and O–H groups in total. The summed E-state index contributed by atoms with van der Waals surface area (Å²) in [7, 11) is 3.70. The minimum absolute atomic E-state index is 0.0515. The SMILES string of the molecule is CN(C)C1CCN(c2c(F)cc3c(=O)c(C(=O)O)cn(-c4ccc(F)cc4F)c3c2F)C1. The number of hydrogen-bond acceptors (Lipinski definition) is 4. The Bertz CT molecular complexity index is 1310. The number of fused-ring (bicyclic) bond motifs is 1. The van der Waals surface area contributed by atoms with Crippen molar-refractivity contribution in [2.24, 2.45) is 0 Å². The van der Waals surface area contributed by atoms with Crippen LogP contribution >= 0.6 is 0 Å². The van der Waals surface area contributed by atoms with Crippen molar-refractivity contribution >= 4 is 22.6 Å². The summed E-state index contributed by atoms with van der Waals surface area (Å²) in [4.78, 5) is 27.7. The van der Waals surface area contributed by atoms with Gasteiger partial charge in [-0.1, -0.05) is 0 Å². The fourth-order valence-electron chi connectivity index (χ4n) is 4.08. The Balaban J connectivity index is 2.05. The summed E-state index contributed by atoms with van der Waals surface area (Å²) in [6.07, 6.45) is 1.42. The molecule has 2 heterocycles. The van der Waals surface area contributed by atoms with E-state index in [0.29, 0.717) is 25.6 Å². The number of aromatic nitrogens is 1. The predicted molar refractivity (Wildman–Crippen MR) is 111 cm³/mol. The molecule has 0 amide bonds. The van der Waals surface area contributed by atoms with Crippen LogP contribution < -0.4 is 10.3 Å². The zero-order chi connectivity index (χ0) is 23.3. The lowest BCUT2D eigenvalue weighted by molar-refractivity contribution is 0.0695. The Morgan fingerprint density at radius 3 is 2.44 bits per heavy atom. The second-order valence-electron chi connectivity index (χ2n) is 7.91. The Morgan fingerprint density at radius 1 is 1.12 bits per heavy atom. The van der Waals surface area contributed by atoms with E-state index in [2.05, 4.69) is 0 Å². The van der Waals surface area contributed by atoms with Gasteiger partial charge in [0, 0.05) is 31.4 Å². The zero-order valence-electron chi connectivity index (χ0n) is 17.2. The smallest absolute Gasteiger partial charge is 0.341 e. The van der Waals surface area contributed by atoms with Crippen LogP contribution in [0.4, 0.5) is 23.2 Å². The number of likely N-dealkylation sites (N-methyl/N-ethyl adjacent to an activating group) is 1. The van der Waals surface area contributed by atoms with Crippen LogP contribution in [0.25, 0.3) is 16.6 Å². The number of benzene rings is 2. The van der Waals surface area contributed by atoms with Gasteiger partial charge >= 0.3 is 5.97 Å². The van der Waals surface area contributed by atoms with Crippen LogP contribution in [0.1, 0.15) is 16.8 Å². The molecule has 10 heteroatoms. The van der Waals surface area contributed by atoms with Gasteiger partial charge in [0.25, 0.3) is 0 Å². The first-order valence-electron chi connectivity index (χ1n) is 9.77. The molecule has 32 heavy (non-hydrogen) atoms. The van der Waals surface area contributed by atoms with Gasteiger partial charge < -0.3 is 19.5 Å². The molecular formula is C22H19F4N3O3. The Kier molecular flexibility index (Phi) is 5.41. The van der Waals surface area contributed by atoms with Crippen molar-refractivity contribution in [1.29, 1.82) is 0 Å². The molecule has 168 valence electrons. The van der Waals surface area contributed by atoms with E-state index < -0.39 is 51.1 Å². The Labute approximate surface area is 179 Å². The summed E-state index contributed by atoms with van der Waals surface area (Å²) in [5.41, 5.74) is -3.18. The van der Waals surface area contributed by atoms with Crippen molar-refractivity contribution in [3.8, 4) is 5.69 Å². The first-order valence-corrected chi connectivity index (χ1v) is 9.77. The topological polar surface area (TPSA) is 65.8 Å². The van der Waals surface area contributed by atoms with Crippen LogP contribution in [0, 0.1) is 23.3 Å². The van der Waals surface area contributed by atoms with Gasteiger partial charge in [-0.3, -0.25) is 4.79 Å². The number of aromatic carboxylic acids is 1. The van der Waals surface area contributed by atoms with E-state index in [4.69, 9.17) is 0 Å². The van der Waals surface area contributed by atoms with Crippen molar-refractivity contribution in [3.05, 3.63) is 69.5 Å². The second kappa shape index (κ2) is 7.94. The van der Waals surface area contributed by atoms with Crippen LogP contribution in [0.15, 0.2) is 35.3 Å². The molecule has 0 bridgehead atoms. The van der Waals surface area contributed by atoms with Gasteiger partial charge in [-0.15, -0.1) is 0 Å². The lowest BCUT2D eigenvalue weighted by atomic mass is 10.1. The number of nitrogens with zero attached hydrogens (tertiary/aromatic N) is 3. The molecule has 1 aliphatic rings. The highest BCUT2D eigenvalue weighted by molar-refractivity contribution is 5.94. The van der Waals surface area contributed by atoms with Crippen molar-refractivity contribution in [2.75, 3.05) is 32.1 Å². The maximum absolute atomic E-state index is 15.8. The van der Waals surface area contributed by atoms with Gasteiger partial charge in [-0.2, -0.15) is 0 Å². The highest BCUT2D eigenvalue weighted by Crippen LogP contribution is 2.34. The quantitative estimate of drug-likeness (QED) is 0.619. The van der Waals surface area contributed by atoms with Crippen LogP contribution in [0.2, 0.25) is 0 Å². The van der Waals surface area contributed by atoms with E-state index in [1.807, 2.05) is 19.0 Å². The van der Waals surface area contributed by atoms with E-state index in [-0.39, 0.29) is 17.4 Å². The third-order valence-electron chi connectivity index (χ3n) is 5.77. The van der Waals surface area contributed by atoms with Gasteiger partial charge in [0.1, 0.15) is 28.7 Å². The third-order valence-corrected chi connectivity index (χ3v) is 5.77. The lowest BCUT2D eigenvalue weighted by Crippen LogP contribution is -2.32. The number of carboxylic acids is 1. The number of rotatable bonds is 4. The fourth-order valence-corrected chi connectivity index (χ4v) is 4.08. The van der Waals surface area contributed by atoms with Gasteiger partial charge in [0.05, 0.1) is 16.6 Å². The second-order valence-corrected chi connectivity index (χ2v) is 7.91. The van der Waals surface area contributed by atoms with Crippen LogP contribution in [-0.2, 0) is 0 Å². The van der Waals surface area contributed by atoms with E-state index >= 15 is 8.78 Å². The number of anilines is 1. The standard InChI is InChI=1S/C22H19F4N3O3/c1-27(2)12-5-6-28(9-12)20-16(25)8-13-19(18(20)26)29(10-14(21(13)30)22(31)32)17-4-3-11(23)7-15(17)24/h3-4,7-8,10,12H,5-6,9H2,1-2H3,(H,31,32). The largest absolute Gasteiger partial charge is 0.477 e. The molecule has 0 radical (unpaired) electrons. The average Bonchev–Trinajstić information content (AvgIpc) is 3.19. The molecule has 1 unspecified atom stereocenters. The zero-order valence-corrected chi connectivity index (χ0v) is 17.2. The predicted octanol–water partition coefficient (Wildman–Crippen LogP) is 3.39. The molecule has 0 aliphatic carbocycles. The minimum Gasteiger partial charge on any atom is -0.477 e. The molecule has 3 aromatic rings. The van der Waals surface area contributed by atoms with E-state index in [0.717, 1.165) is 29.0 Å². The van der Waals surface area contributed by atoms with Gasteiger partial charge in [0.2, 0.25) is 5.43 Å². The van der Waals surface area contributed by atoms with E-state index in [1.54, 1.807) is 0 Å². The highest BCUT2D eigenvalue weighted by Gasteiger charge is 2.31. The molecular weight excluding hydrogens is 430 g/mol. The van der Waals surface area contributed by atoms with Crippen LogP contribution in [0.5, 0.6) is 0 Å². The summed E-state index contributed by atoms with van der Waals surface area (Å²) >= 11 is 0. The Hall–Kier alpha value is -3.40. The average molecular weight is 449 g/mol. The molecule has 4 rings (SSSR count). The van der Waals surface area contributed by atoms with Crippen molar-refractivity contribution in [2.45, 2.75) is 12.5 Å². The number of halogens is 4. The number of carbonyl (C=O) groups is 1. The summed E-state index contributed by atoms with van der Waals surface area (Å²) in [6, 6.07) is 3.26. The van der Waals surface area contributed by atoms with Crippen molar-refractivity contribution in [3.63, 3.8) is 0 Å². The summed E-state index contributed by atoms with van der Waals surface area (Å²) < 4.78 is 59.6. The lowest BCUT2D eigenvalue weighted by Gasteiger charge is -2.24. The normalized spacial score (nSPS) is 16.3. The van der Waals surface area contributed by atoms with E-state index in [1.165, 1.54) is 4.90 Å². The summed E-state index contributed by atoms with van der Waals surface area (Å²) in [5.74, 6) is -5.80. The molecule has 1 aromatic heterocycles. The van der Waals surface area contributed by atoms with Crippen molar-refractivity contribution in [1.82, 2.24) is 9.47 Å². The molecule has 1 atom stereocenters. The first-order chi connectivity index (χ1) is 15.1. The summed E-state index contributed by atoms with van der Waals surface area (Å²) in [6.45, 7) is 0.680. The molecule has 6 nitrogen and oxygen atoms in total. The highest BCUT2D eigenvalue weighted by atomic mass is 19.1. The molecule has 0 saturated carbocycles. The Morgan fingerprint density at radius 2 is 1.84 bits per heavy atom. The molecule has 2 aromatic carbocycles. The number of pyridine rings is 1. The number of carboxylic acid groups (broad SMARTS) is 1. The van der Waals surface area contributed by atoms with Gasteiger partial charge in [0.15, 0.2) is 5.82 Å². The minimum atomic E-state index is -1.65. The maximum Gasteiger partial charge on any atom is 0.341 e. The molecule has 1 saturated heterocycles. The van der Waals surface area contributed by atoms with Crippen LogP contribution in [0.3, 0.4) is 0 Å². The monoisotopic (exact) mass is 449 g/mol. The maximum atomic E-state index is 15.8. The van der Waals surface area contributed by atoms with E-state index in [9.17, 15) is 23.5 Å². The van der Waals surface area contributed by atoms with Crippen molar-refractivity contribution < 1.29 is 27.5 Å².